The molecule has 2 aliphatic rings. The van der Waals surface area contributed by atoms with E-state index in [1.54, 1.807) is 12.1 Å². The number of rotatable bonds is 16. The van der Waals surface area contributed by atoms with Gasteiger partial charge in [-0.2, -0.15) is 0 Å². The molecule has 0 radical (unpaired) electrons. The summed E-state index contributed by atoms with van der Waals surface area (Å²) in [6.07, 6.45) is 4.89. The average Bonchev–Trinajstić information content (AvgIpc) is 3.65. The molecule has 0 aliphatic carbocycles. The summed E-state index contributed by atoms with van der Waals surface area (Å²) in [7, 11) is 0. The minimum Gasteiger partial charge on any atom is -0.397 e. The van der Waals surface area contributed by atoms with E-state index >= 15 is 0 Å². The molecule has 0 aromatic heterocycles. The van der Waals surface area contributed by atoms with Gasteiger partial charge in [0.15, 0.2) is 6.29 Å². The van der Waals surface area contributed by atoms with E-state index in [2.05, 4.69) is 39.8 Å². The molecule has 2 amide bonds. The predicted molar refractivity (Wildman–Crippen MR) is 206 cm³/mol. The Morgan fingerprint density at radius 2 is 1.55 bits per heavy atom. The van der Waals surface area contributed by atoms with Gasteiger partial charge < -0.3 is 36.1 Å². The van der Waals surface area contributed by atoms with Crippen LogP contribution >= 0.6 is 0 Å². The minimum atomic E-state index is -0.578. The van der Waals surface area contributed by atoms with Crippen LogP contribution < -0.4 is 16.4 Å². The molecule has 280 valence electrons. The molecule has 2 heterocycles. The second-order valence-corrected chi connectivity index (χ2v) is 14.1. The van der Waals surface area contributed by atoms with Crippen molar-refractivity contribution in [2.75, 3.05) is 30.7 Å². The summed E-state index contributed by atoms with van der Waals surface area (Å²) in [5, 5.41) is 25.4. The highest BCUT2D eigenvalue weighted by Gasteiger charge is 2.35. The number of likely N-dealkylation sites (tertiary alicyclic amines) is 1. The smallest absolute Gasteiger partial charge is 0.224 e. The van der Waals surface area contributed by atoms with Crippen LogP contribution in [0.3, 0.4) is 0 Å². The largest absolute Gasteiger partial charge is 0.397 e. The first-order valence-electron chi connectivity index (χ1n) is 18.8. The van der Waals surface area contributed by atoms with Crippen LogP contribution in [-0.4, -0.2) is 58.8 Å². The molecule has 4 aromatic carbocycles. The maximum Gasteiger partial charge on any atom is 0.224 e. The molecule has 4 atom stereocenters. The Morgan fingerprint density at radius 1 is 0.792 bits per heavy atom. The first-order chi connectivity index (χ1) is 25.9. The Morgan fingerprint density at radius 3 is 2.32 bits per heavy atom. The zero-order valence-electron chi connectivity index (χ0n) is 30.3. The highest BCUT2D eigenvalue weighted by molar-refractivity contribution is 5.93. The SMILES string of the molecule is Nc1ccccc1NC(=O)CCCCCC(=O)NCc1cccc(-c2cccc([C@@H]3O[C@H](CN4CCC[C@H]4CO)C[C@H](c4ccc(CO)cc4)O3)c2)c1. The van der Waals surface area contributed by atoms with Crippen molar-refractivity contribution >= 4 is 23.2 Å². The van der Waals surface area contributed by atoms with Crippen molar-refractivity contribution in [1.29, 1.82) is 0 Å². The summed E-state index contributed by atoms with van der Waals surface area (Å²) in [6.45, 7) is 2.24. The molecule has 4 aromatic rings. The van der Waals surface area contributed by atoms with Gasteiger partial charge in [0.25, 0.3) is 0 Å². The van der Waals surface area contributed by atoms with Crippen LogP contribution in [0.5, 0.6) is 0 Å². The molecule has 2 fully saturated rings. The van der Waals surface area contributed by atoms with Crippen LogP contribution in [0.15, 0.2) is 97.1 Å². The number of hydrogen-bond donors (Lipinski definition) is 5. The number of amides is 2. The topological polar surface area (TPSA) is 146 Å². The number of para-hydroxylation sites is 2. The van der Waals surface area contributed by atoms with Gasteiger partial charge in [-0.15, -0.1) is 0 Å². The number of nitrogens with two attached hydrogens (primary N) is 1. The van der Waals surface area contributed by atoms with Gasteiger partial charge in [-0.1, -0.05) is 79.2 Å². The number of carbonyl (C=O) groups excluding carboxylic acids is 2. The van der Waals surface area contributed by atoms with Crippen molar-refractivity contribution in [1.82, 2.24) is 10.2 Å². The fourth-order valence-corrected chi connectivity index (χ4v) is 7.22. The van der Waals surface area contributed by atoms with E-state index in [9.17, 15) is 19.8 Å². The molecule has 0 bridgehead atoms. The molecule has 6 N–H and O–H groups in total. The number of anilines is 2. The van der Waals surface area contributed by atoms with Crippen molar-refractivity contribution in [3.63, 3.8) is 0 Å². The van der Waals surface area contributed by atoms with E-state index in [0.29, 0.717) is 50.0 Å². The van der Waals surface area contributed by atoms with Crippen molar-refractivity contribution < 1.29 is 29.3 Å². The van der Waals surface area contributed by atoms with Crippen molar-refractivity contribution in [3.8, 4) is 11.1 Å². The second-order valence-electron chi connectivity index (χ2n) is 14.1. The average molecular weight is 721 g/mol. The van der Waals surface area contributed by atoms with E-state index < -0.39 is 6.29 Å². The highest BCUT2D eigenvalue weighted by Crippen LogP contribution is 2.39. The van der Waals surface area contributed by atoms with Crippen molar-refractivity contribution in [2.45, 2.75) is 89.1 Å². The Hall–Kier alpha value is -4.58. The number of nitrogens with one attached hydrogen (secondary N) is 2. The van der Waals surface area contributed by atoms with Crippen LogP contribution in [0, 0.1) is 0 Å². The van der Waals surface area contributed by atoms with Crippen LogP contribution in [0.1, 0.15) is 86.0 Å². The standard InChI is InChI=1S/C43H52N4O6/c44-38-14-4-5-15-39(38)46-42(51)17-3-1-2-16-41(50)45-26-31-9-6-10-33(23-31)34-11-7-12-35(24-34)43-52-37(27-47-22-8-13-36(47)29-49)25-40(53-43)32-20-18-30(28-48)19-21-32/h4-7,9-12,14-15,18-21,23-24,36-37,40,43,48-49H,1-3,8,13,16-17,22,25-29,44H2,(H,45,50)(H,46,51)/t36-,37-,40+,43+/m0/s1. The third kappa shape index (κ3) is 10.7. The molecule has 10 nitrogen and oxygen atoms in total. The van der Waals surface area contributed by atoms with Crippen LogP contribution in [-0.2, 0) is 32.2 Å². The molecule has 2 saturated heterocycles. The van der Waals surface area contributed by atoms with Gasteiger partial charge in [-0.05, 0) is 84.3 Å². The molecular formula is C43H52N4O6. The van der Waals surface area contributed by atoms with Crippen LogP contribution in [0.2, 0.25) is 0 Å². The van der Waals surface area contributed by atoms with Gasteiger partial charge in [0.05, 0.1) is 36.8 Å². The van der Waals surface area contributed by atoms with Crippen LogP contribution in [0.25, 0.3) is 11.1 Å². The summed E-state index contributed by atoms with van der Waals surface area (Å²) in [5.41, 5.74) is 12.9. The van der Waals surface area contributed by atoms with Gasteiger partial charge in [0, 0.05) is 44.0 Å². The summed E-state index contributed by atoms with van der Waals surface area (Å²) < 4.78 is 13.3. The minimum absolute atomic E-state index is 0.00635. The lowest BCUT2D eigenvalue weighted by Crippen LogP contribution is -2.42. The van der Waals surface area contributed by atoms with Gasteiger partial charge in [0.2, 0.25) is 11.8 Å². The first-order valence-corrected chi connectivity index (χ1v) is 18.8. The number of aliphatic hydroxyl groups is 2. The zero-order valence-corrected chi connectivity index (χ0v) is 30.3. The molecule has 2 aliphatic heterocycles. The lowest BCUT2D eigenvalue weighted by atomic mass is 9.98. The van der Waals surface area contributed by atoms with E-state index in [1.165, 1.54) is 0 Å². The number of aliphatic hydroxyl groups excluding tert-OH is 2. The Bertz CT molecular complexity index is 1800. The molecule has 0 spiro atoms. The number of nitrogens with zero attached hydrogens (tertiary/aromatic N) is 1. The van der Waals surface area contributed by atoms with E-state index in [-0.39, 0.29) is 43.3 Å². The third-order valence-electron chi connectivity index (χ3n) is 10.2. The summed E-state index contributed by atoms with van der Waals surface area (Å²) in [6, 6.07) is 31.7. The van der Waals surface area contributed by atoms with E-state index in [4.69, 9.17) is 15.2 Å². The van der Waals surface area contributed by atoms with E-state index in [1.807, 2.05) is 60.7 Å². The quantitative estimate of drug-likeness (QED) is 0.0640. The maximum atomic E-state index is 12.6. The summed E-state index contributed by atoms with van der Waals surface area (Å²) in [4.78, 5) is 27.2. The van der Waals surface area contributed by atoms with E-state index in [0.717, 1.165) is 65.7 Å². The third-order valence-corrected chi connectivity index (χ3v) is 10.2. The lowest BCUT2D eigenvalue weighted by Gasteiger charge is -2.38. The number of nitrogen functional groups attached to an aromatic ring is 1. The van der Waals surface area contributed by atoms with Gasteiger partial charge in [0.1, 0.15) is 0 Å². The number of benzene rings is 4. The Kier molecular flexibility index (Phi) is 13.6. The monoisotopic (exact) mass is 720 g/mol. The van der Waals surface area contributed by atoms with Gasteiger partial charge in [-0.3, -0.25) is 14.5 Å². The second kappa shape index (κ2) is 19.0. The number of unbranched alkanes of at least 4 members (excludes halogenated alkanes) is 2. The molecule has 10 heteroatoms. The fourth-order valence-electron chi connectivity index (χ4n) is 7.22. The molecular weight excluding hydrogens is 668 g/mol. The summed E-state index contributed by atoms with van der Waals surface area (Å²) in [5.74, 6) is -0.0931. The molecule has 0 saturated carbocycles. The van der Waals surface area contributed by atoms with Crippen molar-refractivity contribution in [3.05, 3.63) is 119 Å². The first kappa shape index (κ1) is 38.2. The predicted octanol–water partition coefficient (Wildman–Crippen LogP) is 6.64. The molecule has 6 rings (SSSR count). The Labute approximate surface area is 312 Å². The number of hydrogen-bond acceptors (Lipinski definition) is 8. The van der Waals surface area contributed by atoms with Gasteiger partial charge >= 0.3 is 0 Å². The van der Waals surface area contributed by atoms with Crippen LogP contribution in [0.4, 0.5) is 11.4 Å². The Balaban J connectivity index is 1.03. The molecule has 53 heavy (non-hydrogen) atoms. The number of carbonyl (C=O) groups is 2. The van der Waals surface area contributed by atoms with Crippen molar-refractivity contribution in [2.24, 2.45) is 0 Å². The number of ether oxygens (including phenoxy) is 2. The zero-order chi connectivity index (χ0) is 37.0. The van der Waals surface area contributed by atoms with Gasteiger partial charge in [-0.25, -0.2) is 0 Å². The lowest BCUT2D eigenvalue weighted by molar-refractivity contribution is -0.253. The normalized spacial score (nSPS) is 20.3. The maximum absolute atomic E-state index is 12.6. The highest BCUT2D eigenvalue weighted by atomic mass is 16.7. The molecule has 0 unspecified atom stereocenters. The summed E-state index contributed by atoms with van der Waals surface area (Å²) >= 11 is 0. The fraction of sp³-hybridized carbons (Fsp3) is 0.395.